The van der Waals surface area contributed by atoms with Gasteiger partial charge in [0.05, 0.1) is 11.8 Å². The number of hydrogen-bond acceptors (Lipinski definition) is 3. The molecule has 0 bridgehead atoms. The van der Waals surface area contributed by atoms with Gasteiger partial charge in [-0.3, -0.25) is 0 Å². The molecule has 0 radical (unpaired) electrons. The van der Waals surface area contributed by atoms with Crippen molar-refractivity contribution in [1.29, 1.82) is 5.26 Å². The minimum Gasteiger partial charge on any atom is -0.240 e. The smallest absolute Gasteiger partial charge is 0.148 e. The third kappa shape index (κ3) is 2.63. The van der Waals surface area contributed by atoms with E-state index in [0.717, 1.165) is 11.3 Å². The van der Waals surface area contributed by atoms with Gasteiger partial charge in [0, 0.05) is 11.8 Å². The summed E-state index contributed by atoms with van der Waals surface area (Å²) in [5, 5.41) is 9.16. The van der Waals surface area contributed by atoms with Crippen molar-refractivity contribution in [2.75, 3.05) is 0 Å². The van der Waals surface area contributed by atoms with Crippen molar-refractivity contribution in [2.45, 2.75) is 33.1 Å². The van der Waals surface area contributed by atoms with Gasteiger partial charge in [-0.1, -0.05) is 12.1 Å². The Kier molecular flexibility index (Phi) is 3.35. The maximum atomic E-state index is 9.16. The monoisotopic (exact) mass is 251 g/mol. The first-order valence-electron chi connectivity index (χ1n) is 6.26. The van der Waals surface area contributed by atoms with Crippen molar-refractivity contribution in [1.82, 2.24) is 9.97 Å². The van der Waals surface area contributed by atoms with Gasteiger partial charge in [-0.15, -0.1) is 0 Å². The maximum Gasteiger partial charge on any atom is 0.148 e. The summed E-state index contributed by atoms with van der Waals surface area (Å²) in [4.78, 5) is 8.74. The van der Waals surface area contributed by atoms with Gasteiger partial charge in [0.25, 0.3) is 0 Å². The summed E-state index contributed by atoms with van der Waals surface area (Å²) in [6.07, 6.45) is 1.71. The Labute approximate surface area is 114 Å². The van der Waals surface area contributed by atoms with Crippen LogP contribution in [0.3, 0.4) is 0 Å². The first-order chi connectivity index (χ1) is 8.94. The van der Waals surface area contributed by atoms with E-state index < -0.39 is 5.41 Å². The average Bonchev–Trinajstić information content (AvgIpc) is 2.42. The Morgan fingerprint density at radius 1 is 1.11 bits per heavy atom. The average molecular weight is 251 g/mol. The molecular weight excluding hydrogens is 234 g/mol. The van der Waals surface area contributed by atoms with E-state index in [1.807, 2.05) is 26.0 Å². The number of rotatable bonds is 2. The molecule has 0 aliphatic rings. The molecule has 0 saturated carbocycles. The Morgan fingerprint density at radius 2 is 1.84 bits per heavy atom. The number of nitrogens with zero attached hydrogens (tertiary/aromatic N) is 3. The molecule has 1 heterocycles. The molecule has 2 aromatic rings. The molecule has 0 atom stereocenters. The predicted molar refractivity (Wildman–Crippen MR) is 75.6 cm³/mol. The first kappa shape index (κ1) is 13.2. The highest BCUT2D eigenvalue weighted by atomic mass is 14.9. The number of hydrogen-bond donors (Lipinski definition) is 0. The van der Waals surface area contributed by atoms with Crippen LogP contribution in [0.25, 0.3) is 11.3 Å². The molecule has 96 valence electrons. The van der Waals surface area contributed by atoms with Crippen LogP contribution >= 0.6 is 0 Å². The third-order valence-corrected chi connectivity index (χ3v) is 3.30. The molecule has 0 saturated heterocycles. The molecule has 0 unspecified atom stereocenters. The zero-order chi connectivity index (χ0) is 14.0. The summed E-state index contributed by atoms with van der Waals surface area (Å²) in [5.41, 5.74) is 3.74. The topological polar surface area (TPSA) is 49.6 Å². The zero-order valence-corrected chi connectivity index (χ0v) is 11.7. The van der Waals surface area contributed by atoms with Crippen molar-refractivity contribution >= 4 is 0 Å². The molecule has 3 heteroatoms. The molecule has 0 fully saturated rings. The zero-order valence-electron chi connectivity index (χ0n) is 11.7. The van der Waals surface area contributed by atoms with Gasteiger partial charge in [0.1, 0.15) is 11.2 Å². The maximum absolute atomic E-state index is 9.16. The molecule has 1 aromatic carbocycles. The van der Waals surface area contributed by atoms with Gasteiger partial charge >= 0.3 is 0 Å². The van der Waals surface area contributed by atoms with Crippen molar-refractivity contribution < 1.29 is 0 Å². The summed E-state index contributed by atoms with van der Waals surface area (Å²) >= 11 is 0. The largest absolute Gasteiger partial charge is 0.240 e. The predicted octanol–water partition coefficient (Wildman–Crippen LogP) is 3.56. The Morgan fingerprint density at radius 3 is 2.47 bits per heavy atom. The molecule has 0 aliphatic carbocycles. The lowest BCUT2D eigenvalue weighted by molar-refractivity contribution is 0.630. The molecule has 1 aromatic heterocycles. The SMILES string of the molecule is Cc1ccc(-c2ccnc(C(C)(C)C#N)n2)cc1C. The Bertz CT molecular complexity index is 651. The quantitative estimate of drug-likeness (QED) is 0.820. The molecule has 3 nitrogen and oxygen atoms in total. The van der Waals surface area contributed by atoms with Crippen molar-refractivity contribution in [3.8, 4) is 17.3 Å². The summed E-state index contributed by atoms with van der Waals surface area (Å²) < 4.78 is 0. The van der Waals surface area contributed by atoms with Crippen molar-refractivity contribution in [3.63, 3.8) is 0 Å². The number of nitriles is 1. The van der Waals surface area contributed by atoms with Gasteiger partial charge in [-0.05, 0) is 51.0 Å². The Balaban J connectivity index is 2.50. The lowest BCUT2D eigenvalue weighted by Gasteiger charge is -2.14. The molecule has 19 heavy (non-hydrogen) atoms. The summed E-state index contributed by atoms with van der Waals surface area (Å²) in [7, 11) is 0. The van der Waals surface area contributed by atoms with E-state index in [9.17, 15) is 0 Å². The highest BCUT2D eigenvalue weighted by Crippen LogP contribution is 2.23. The minimum atomic E-state index is -0.671. The number of aromatic nitrogens is 2. The van der Waals surface area contributed by atoms with Crippen LogP contribution in [0.2, 0.25) is 0 Å². The van der Waals surface area contributed by atoms with Crippen LogP contribution in [-0.2, 0) is 5.41 Å². The fourth-order valence-electron chi connectivity index (χ4n) is 1.77. The van der Waals surface area contributed by atoms with Gasteiger partial charge in [-0.25, -0.2) is 9.97 Å². The molecule has 0 N–H and O–H groups in total. The van der Waals surface area contributed by atoms with E-state index >= 15 is 0 Å². The number of benzene rings is 1. The summed E-state index contributed by atoms with van der Waals surface area (Å²) in [6.45, 7) is 7.82. The van der Waals surface area contributed by atoms with E-state index in [-0.39, 0.29) is 0 Å². The Hall–Kier alpha value is -2.21. The van der Waals surface area contributed by atoms with Gasteiger partial charge in [-0.2, -0.15) is 5.26 Å². The van der Waals surface area contributed by atoms with Crippen LogP contribution in [0.4, 0.5) is 0 Å². The fourth-order valence-corrected chi connectivity index (χ4v) is 1.77. The molecular formula is C16H17N3. The van der Waals surface area contributed by atoms with Gasteiger partial charge in [0.15, 0.2) is 0 Å². The molecule has 0 amide bonds. The van der Waals surface area contributed by atoms with E-state index in [2.05, 4.69) is 42.0 Å². The lowest BCUT2D eigenvalue weighted by Crippen LogP contribution is -2.18. The molecule has 0 spiro atoms. The van der Waals surface area contributed by atoms with Crippen LogP contribution in [0, 0.1) is 25.2 Å². The third-order valence-electron chi connectivity index (χ3n) is 3.30. The van der Waals surface area contributed by atoms with Crippen LogP contribution in [0.1, 0.15) is 30.8 Å². The summed E-state index contributed by atoms with van der Waals surface area (Å²) in [5.74, 6) is 0.561. The first-order valence-corrected chi connectivity index (χ1v) is 6.26. The second kappa shape index (κ2) is 4.81. The van der Waals surface area contributed by atoms with Gasteiger partial charge in [0.2, 0.25) is 0 Å². The molecule has 2 rings (SSSR count). The number of aryl methyl sites for hydroxylation is 2. The normalized spacial score (nSPS) is 11.1. The minimum absolute atomic E-state index is 0.561. The second-order valence-electron chi connectivity index (χ2n) is 5.30. The van der Waals surface area contributed by atoms with Crippen LogP contribution in [-0.4, -0.2) is 9.97 Å². The highest BCUT2D eigenvalue weighted by molar-refractivity contribution is 5.60. The highest BCUT2D eigenvalue weighted by Gasteiger charge is 2.23. The van der Waals surface area contributed by atoms with Crippen LogP contribution < -0.4 is 0 Å². The van der Waals surface area contributed by atoms with E-state index in [1.54, 1.807) is 6.20 Å². The van der Waals surface area contributed by atoms with Crippen molar-refractivity contribution in [3.05, 3.63) is 47.4 Å². The van der Waals surface area contributed by atoms with Gasteiger partial charge < -0.3 is 0 Å². The van der Waals surface area contributed by atoms with E-state index in [1.165, 1.54) is 11.1 Å². The second-order valence-corrected chi connectivity index (χ2v) is 5.30. The standard InChI is InChI=1S/C16H17N3/c1-11-5-6-13(9-12(11)2)14-7-8-18-15(19-14)16(3,4)10-17/h5-9H,1-4H3. The lowest BCUT2D eigenvalue weighted by atomic mass is 9.94. The van der Waals surface area contributed by atoms with E-state index in [0.29, 0.717) is 5.82 Å². The van der Waals surface area contributed by atoms with E-state index in [4.69, 9.17) is 5.26 Å². The molecule has 0 aliphatic heterocycles. The van der Waals surface area contributed by atoms with Crippen molar-refractivity contribution in [2.24, 2.45) is 0 Å². The van der Waals surface area contributed by atoms with Crippen LogP contribution in [0.15, 0.2) is 30.5 Å². The van der Waals surface area contributed by atoms with Crippen LogP contribution in [0.5, 0.6) is 0 Å². The fraction of sp³-hybridized carbons (Fsp3) is 0.312. The summed E-state index contributed by atoms with van der Waals surface area (Å²) in [6, 6.07) is 10.4.